The van der Waals surface area contributed by atoms with Gasteiger partial charge in [0.2, 0.25) is 15.9 Å². The van der Waals surface area contributed by atoms with Crippen LogP contribution in [-0.2, 0) is 21.2 Å². The number of carbonyl (C=O) groups excluding carboxylic acids is 1. The van der Waals surface area contributed by atoms with Crippen LogP contribution in [0.1, 0.15) is 56.6 Å². The summed E-state index contributed by atoms with van der Waals surface area (Å²) >= 11 is 0. The molecule has 1 aliphatic carbocycles. The maximum atomic E-state index is 13.4. The number of fused-ring (bicyclic) bond motifs is 1. The molecule has 2 aromatic rings. The van der Waals surface area contributed by atoms with E-state index in [0.717, 1.165) is 56.4 Å². The van der Waals surface area contributed by atoms with Gasteiger partial charge in [-0.2, -0.15) is 4.31 Å². The highest BCUT2D eigenvalue weighted by Crippen LogP contribution is 2.36. The summed E-state index contributed by atoms with van der Waals surface area (Å²) in [5, 5.41) is 3.12. The lowest BCUT2D eigenvalue weighted by Crippen LogP contribution is -2.31. The number of hydrogen-bond donors (Lipinski definition) is 1. The molecule has 1 saturated heterocycles. The molecule has 1 aliphatic heterocycles. The number of sulfonamides is 1. The van der Waals surface area contributed by atoms with Crippen LogP contribution in [0.3, 0.4) is 0 Å². The number of benzene rings is 2. The standard InChI is InChI=1S/C25H33N3O3S/c1-3-28(4-2)32(30,31)20-14-15-24(27-16-7-8-17-27)23(18-20)26-25(29)22-13-9-11-19-10-5-6-12-21(19)22/h5-6,10,12,14-15,18,22H,3-4,7-9,11,13,16-17H2,1-2H3,(H,26,29). The third-order valence-corrected chi connectivity index (χ3v) is 8.75. The molecule has 2 aliphatic rings. The second-order valence-electron chi connectivity index (χ2n) is 8.60. The minimum Gasteiger partial charge on any atom is -0.370 e. The van der Waals surface area contributed by atoms with Crippen LogP contribution in [0.25, 0.3) is 0 Å². The molecule has 1 fully saturated rings. The predicted molar refractivity (Wildman–Crippen MR) is 129 cm³/mol. The van der Waals surface area contributed by atoms with Crippen LogP contribution in [0.2, 0.25) is 0 Å². The van der Waals surface area contributed by atoms with Crippen molar-refractivity contribution >= 4 is 27.3 Å². The van der Waals surface area contributed by atoms with Crippen molar-refractivity contribution in [2.45, 2.75) is 56.8 Å². The van der Waals surface area contributed by atoms with Gasteiger partial charge < -0.3 is 10.2 Å². The van der Waals surface area contributed by atoms with Gasteiger partial charge in [-0.05, 0) is 61.4 Å². The first kappa shape index (κ1) is 22.8. The largest absolute Gasteiger partial charge is 0.370 e. The minimum absolute atomic E-state index is 0.0602. The molecule has 1 atom stereocenters. The maximum Gasteiger partial charge on any atom is 0.243 e. The van der Waals surface area contributed by atoms with Gasteiger partial charge in [-0.3, -0.25) is 4.79 Å². The molecule has 1 heterocycles. The summed E-state index contributed by atoms with van der Waals surface area (Å²) in [6.07, 6.45) is 4.98. The van der Waals surface area contributed by atoms with Crippen LogP contribution in [-0.4, -0.2) is 44.8 Å². The van der Waals surface area contributed by atoms with Crippen LogP contribution in [0.15, 0.2) is 47.4 Å². The summed E-state index contributed by atoms with van der Waals surface area (Å²) < 4.78 is 27.7. The topological polar surface area (TPSA) is 69.7 Å². The van der Waals surface area contributed by atoms with E-state index >= 15 is 0 Å². The lowest BCUT2D eigenvalue weighted by atomic mass is 9.82. The van der Waals surface area contributed by atoms with Gasteiger partial charge in [0.1, 0.15) is 0 Å². The molecular weight excluding hydrogens is 422 g/mol. The monoisotopic (exact) mass is 455 g/mol. The van der Waals surface area contributed by atoms with Gasteiger partial charge >= 0.3 is 0 Å². The number of nitrogens with zero attached hydrogens (tertiary/aromatic N) is 2. The first-order valence-electron chi connectivity index (χ1n) is 11.7. The summed E-state index contributed by atoms with van der Waals surface area (Å²) in [4.78, 5) is 15.9. The number of aryl methyl sites for hydroxylation is 1. The quantitative estimate of drug-likeness (QED) is 0.673. The van der Waals surface area contributed by atoms with Crippen molar-refractivity contribution in [3.8, 4) is 0 Å². The smallest absolute Gasteiger partial charge is 0.243 e. The number of nitrogens with one attached hydrogen (secondary N) is 1. The number of amides is 1. The second kappa shape index (κ2) is 9.63. The Morgan fingerprint density at radius 2 is 1.78 bits per heavy atom. The van der Waals surface area contributed by atoms with E-state index in [1.807, 2.05) is 38.1 Å². The van der Waals surface area contributed by atoms with Crippen molar-refractivity contribution in [2.24, 2.45) is 0 Å². The number of carbonyl (C=O) groups is 1. The Hall–Kier alpha value is -2.38. The molecule has 1 N–H and O–H groups in total. The number of hydrogen-bond acceptors (Lipinski definition) is 4. The molecule has 32 heavy (non-hydrogen) atoms. The first-order valence-corrected chi connectivity index (χ1v) is 13.2. The van der Waals surface area contributed by atoms with Gasteiger partial charge in [-0.15, -0.1) is 0 Å². The highest BCUT2D eigenvalue weighted by molar-refractivity contribution is 7.89. The molecule has 0 spiro atoms. The summed E-state index contributed by atoms with van der Waals surface area (Å²) in [5.41, 5.74) is 3.81. The normalized spacial score (nSPS) is 18.6. The molecule has 1 unspecified atom stereocenters. The second-order valence-corrected chi connectivity index (χ2v) is 10.5. The summed E-state index contributed by atoms with van der Waals surface area (Å²) in [6, 6.07) is 13.3. The third-order valence-electron chi connectivity index (χ3n) is 6.70. The van der Waals surface area contributed by atoms with Gasteiger partial charge in [0.25, 0.3) is 0 Å². The van der Waals surface area contributed by atoms with Crippen molar-refractivity contribution < 1.29 is 13.2 Å². The fourth-order valence-electron chi connectivity index (χ4n) is 4.97. The van der Waals surface area contributed by atoms with Crippen molar-refractivity contribution in [1.82, 2.24) is 4.31 Å². The third kappa shape index (κ3) is 4.41. The zero-order chi connectivity index (χ0) is 22.7. The lowest BCUT2D eigenvalue weighted by molar-refractivity contribution is -0.117. The van der Waals surface area contributed by atoms with E-state index in [2.05, 4.69) is 16.3 Å². The number of rotatable bonds is 7. The van der Waals surface area contributed by atoms with Crippen molar-refractivity contribution in [1.29, 1.82) is 0 Å². The van der Waals surface area contributed by atoms with E-state index < -0.39 is 10.0 Å². The van der Waals surface area contributed by atoms with E-state index in [9.17, 15) is 13.2 Å². The molecule has 1 amide bonds. The van der Waals surface area contributed by atoms with Crippen LogP contribution < -0.4 is 10.2 Å². The predicted octanol–water partition coefficient (Wildman–Crippen LogP) is 4.38. The zero-order valence-corrected chi connectivity index (χ0v) is 19.8. The van der Waals surface area contributed by atoms with E-state index in [1.54, 1.807) is 12.1 Å². The van der Waals surface area contributed by atoms with Gasteiger partial charge in [0.05, 0.1) is 22.2 Å². The molecule has 0 bridgehead atoms. The highest BCUT2D eigenvalue weighted by atomic mass is 32.2. The lowest BCUT2D eigenvalue weighted by Gasteiger charge is -2.27. The molecule has 0 radical (unpaired) electrons. The molecule has 172 valence electrons. The van der Waals surface area contributed by atoms with Crippen molar-refractivity contribution in [2.75, 3.05) is 36.4 Å². The molecule has 6 nitrogen and oxygen atoms in total. The summed E-state index contributed by atoms with van der Waals surface area (Å²) in [5.74, 6) is -0.274. The van der Waals surface area contributed by atoms with Crippen LogP contribution in [0.4, 0.5) is 11.4 Å². The Bertz CT molecular complexity index is 1070. The van der Waals surface area contributed by atoms with Crippen molar-refractivity contribution in [3.63, 3.8) is 0 Å². The maximum absolute atomic E-state index is 13.4. The van der Waals surface area contributed by atoms with Crippen LogP contribution in [0, 0.1) is 0 Å². The molecule has 2 aromatic carbocycles. The van der Waals surface area contributed by atoms with Gasteiger partial charge in [-0.1, -0.05) is 38.1 Å². The first-order chi connectivity index (χ1) is 15.5. The average molecular weight is 456 g/mol. The van der Waals surface area contributed by atoms with Crippen LogP contribution in [0.5, 0.6) is 0 Å². The molecule has 0 saturated carbocycles. The molecule has 4 rings (SSSR count). The Morgan fingerprint density at radius 3 is 2.50 bits per heavy atom. The molecule has 0 aromatic heterocycles. The van der Waals surface area contributed by atoms with E-state index in [-0.39, 0.29) is 16.7 Å². The minimum atomic E-state index is -3.61. The Kier molecular flexibility index (Phi) is 6.86. The summed E-state index contributed by atoms with van der Waals surface area (Å²) in [7, 11) is -3.61. The highest BCUT2D eigenvalue weighted by Gasteiger charge is 2.29. The Balaban J connectivity index is 1.69. The van der Waals surface area contributed by atoms with Crippen LogP contribution >= 0.6 is 0 Å². The molecular formula is C25H33N3O3S. The van der Waals surface area contributed by atoms with Gasteiger partial charge in [-0.25, -0.2) is 8.42 Å². The average Bonchev–Trinajstić information content (AvgIpc) is 3.34. The zero-order valence-electron chi connectivity index (χ0n) is 19.0. The number of anilines is 2. The van der Waals surface area contributed by atoms with E-state index in [1.165, 1.54) is 9.87 Å². The van der Waals surface area contributed by atoms with Gasteiger partial charge in [0.15, 0.2) is 0 Å². The SMILES string of the molecule is CCN(CC)S(=O)(=O)c1ccc(N2CCCC2)c(NC(=O)C2CCCc3ccccc32)c1. The van der Waals surface area contributed by atoms with E-state index in [0.29, 0.717) is 18.8 Å². The van der Waals surface area contributed by atoms with Crippen molar-refractivity contribution in [3.05, 3.63) is 53.6 Å². The Labute approximate surface area is 191 Å². The Morgan fingerprint density at radius 1 is 1.06 bits per heavy atom. The fourth-order valence-corrected chi connectivity index (χ4v) is 6.45. The molecule has 7 heteroatoms. The van der Waals surface area contributed by atoms with Gasteiger partial charge in [0, 0.05) is 26.2 Å². The van der Waals surface area contributed by atoms with E-state index in [4.69, 9.17) is 0 Å². The summed E-state index contributed by atoms with van der Waals surface area (Å²) in [6.45, 7) is 6.32. The fraction of sp³-hybridized carbons (Fsp3) is 0.480.